The molecule has 1 saturated heterocycles. The van der Waals surface area contributed by atoms with Crippen LogP contribution in [0.2, 0.25) is 5.02 Å². The summed E-state index contributed by atoms with van der Waals surface area (Å²) in [6.07, 6.45) is 2.77. The smallest absolute Gasteiger partial charge is 0.137 e. The van der Waals surface area contributed by atoms with E-state index in [1.165, 1.54) is 18.5 Å². The first-order valence-corrected chi connectivity index (χ1v) is 6.97. The Morgan fingerprint density at radius 2 is 2.22 bits per heavy atom. The first-order chi connectivity index (χ1) is 8.78. The molecule has 3 nitrogen and oxygen atoms in total. The van der Waals surface area contributed by atoms with Gasteiger partial charge in [-0.2, -0.15) is 0 Å². The number of piperazine rings is 1. The molecule has 0 bridgehead atoms. The summed E-state index contributed by atoms with van der Waals surface area (Å²) in [6.45, 7) is 3.20. The molecule has 2 fully saturated rings. The summed E-state index contributed by atoms with van der Waals surface area (Å²) >= 11 is 6.19. The number of nitrogens with zero attached hydrogens (tertiary/aromatic N) is 1. The summed E-state index contributed by atoms with van der Waals surface area (Å²) in [4.78, 5) is 2.42. The van der Waals surface area contributed by atoms with E-state index < -0.39 is 0 Å². The molecule has 18 heavy (non-hydrogen) atoms. The summed E-state index contributed by atoms with van der Waals surface area (Å²) in [6, 6.07) is 6.71. The van der Waals surface area contributed by atoms with Crippen molar-refractivity contribution in [2.75, 3.05) is 31.6 Å². The predicted molar refractivity (Wildman–Crippen MR) is 74.7 cm³/mol. The Morgan fingerprint density at radius 3 is 2.89 bits per heavy atom. The first-order valence-electron chi connectivity index (χ1n) is 6.60. The fourth-order valence-electron chi connectivity index (χ4n) is 2.68. The number of ether oxygens (including phenoxy) is 1. The molecule has 0 amide bonds. The van der Waals surface area contributed by atoms with Gasteiger partial charge in [-0.25, -0.2) is 0 Å². The second-order valence-corrected chi connectivity index (χ2v) is 5.57. The normalized spacial score (nSPS) is 24.1. The molecule has 1 N–H and O–H groups in total. The fraction of sp³-hybridized carbons (Fsp3) is 0.571. The molecule has 1 aromatic carbocycles. The summed E-state index contributed by atoms with van der Waals surface area (Å²) < 4.78 is 5.19. The zero-order valence-corrected chi connectivity index (χ0v) is 11.4. The number of halogens is 1. The van der Waals surface area contributed by atoms with Gasteiger partial charge in [0, 0.05) is 31.4 Å². The third-order valence-electron chi connectivity index (χ3n) is 3.90. The SMILES string of the molecule is COc1ccc(N2CCNC(C3CC3)C2)cc1Cl. The summed E-state index contributed by atoms with van der Waals surface area (Å²) in [5.74, 6) is 1.64. The van der Waals surface area contributed by atoms with Crippen LogP contribution in [0.5, 0.6) is 5.75 Å². The highest BCUT2D eigenvalue weighted by atomic mass is 35.5. The zero-order chi connectivity index (χ0) is 12.5. The Morgan fingerprint density at radius 1 is 1.39 bits per heavy atom. The zero-order valence-electron chi connectivity index (χ0n) is 10.7. The topological polar surface area (TPSA) is 24.5 Å². The Kier molecular flexibility index (Phi) is 3.35. The van der Waals surface area contributed by atoms with E-state index >= 15 is 0 Å². The third kappa shape index (κ3) is 2.43. The minimum atomic E-state index is 0.652. The number of nitrogens with one attached hydrogen (secondary N) is 1. The van der Waals surface area contributed by atoms with E-state index in [0.717, 1.165) is 31.3 Å². The van der Waals surface area contributed by atoms with Crippen LogP contribution in [0.15, 0.2) is 18.2 Å². The molecule has 1 atom stereocenters. The van der Waals surface area contributed by atoms with Crippen LogP contribution in [0.4, 0.5) is 5.69 Å². The van der Waals surface area contributed by atoms with Crippen LogP contribution in [-0.4, -0.2) is 32.8 Å². The van der Waals surface area contributed by atoms with Gasteiger partial charge in [0.1, 0.15) is 5.75 Å². The van der Waals surface area contributed by atoms with Gasteiger partial charge in [0.15, 0.2) is 0 Å². The van der Waals surface area contributed by atoms with Gasteiger partial charge in [-0.05, 0) is 37.0 Å². The molecule has 1 aliphatic carbocycles. The van der Waals surface area contributed by atoms with Gasteiger partial charge < -0.3 is 15.0 Å². The van der Waals surface area contributed by atoms with Crippen LogP contribution in [-0.2, 0) is 0 Å². The van der Waals surface area contributed by atoms with Gasteiger partial charge in [0.05, 0.1) is 12.1 Å². The predicted octanol–water partition coefficient (Wildman–Crippen LogP) is 2.54. The van der Waals surface area contributed by atoms with E-state index in [1.807, 2.05) is 12.1 Å². The number of methoxy groups -OCH3 is 1. The number of anilines is 1. The van der Waals surface area contributed by atoms with Crippen LogP contribution < -0.4 is 15.0 Å². The van der Waals surface area contributed by atoms with Gasteiger partial charge >= 0.3 is 0 Å². The summed E-state index contributed by atoms with van der Waals surface area (Å²) in [5.41, 5.74) is 1.20. The van der Waals surface area contributed by atoms with Crippen molar-refractivity contribution in [2.45, 2.75) is 18.9 Å². The van der Waals surface area contributed by atoms with Crippen molar-refractivity contribution in [3.63, 3.8) is 0 Å². The lowest BCUT2D eigenvalue weighted by Crippen LogP contribution is -2.51. The second-order valence-electron chi connectivity index (χ2n) is 5.16. The number of hydrogen-bond acceptors (Lipinski definition) is 3. The average molecular weight is 267 g/mol. The van der Waals surface area contributed by atoms with Crippen LogP contribution in [0.3, 0.4) is 0 Å². The minimum Gasteiger partial charge on any atom is -0.495 e. The van der Waals surface area contributed by atoms with E-state index in [1.54, 1.807) is 7.11 Å². The van der Waals surface area contributed by atoms with E-state index in [0.29, 0.717) is 11.1 Å². The highest BCUT2D eigenvalue weighted by molar-refractivity contribution is 6.32. The molecule has 0 aromatic heterocycles. The van der Waals surface area contributed by atoms with Crippen molar-refractivity contribution in [1.82, 2.24) is 5.32 Å². The maximum Gasteiger partial charge on any atom is 0.137 e. The van der Waals surface area contributed by atoms with Crippen molar-refractivity contribution in [1.29, 1.82) is 0 Å². The monoisotopic (exact) mass is 266 g/mol. The molecule has 1 heterocycles. The molecule has 1 aromatic rings. The molecule has 1 saturated carbocycles. The van der Waals surface area contributed by atoms with Crippen molar-refractivity contribution < 1.29 is 4.74 Å². The van der Waals surface area contributed by atoms with Gasteiger partial charge in [-0.15, -0.1) is 0 Å². The van der Waals surface area contributed by atoms with Crippen molar-refractivity contribution in [3.8, 4) is 5.75 Å². The molecule has 4 heteroatoms. The summed E-state index contributed by atoms with van der Waals surface area (Å²) in [5, 5.41) is 4.31. The van der Waals surface area contributed by atoms with E-state index in [4.69, 9.17) is 16.3 Å². The van der Waals surface area contributed by atoms with Crippen molar-refractivity contribution >= 4 is 17.3 Å². The standard InChI is InChI=1S/C14H19ClN2O/c1-18-14-5-4-11(8-12(14)15)17-7-6-16-13(9-17)10-2-3-10/h4-5,8,10,13,16H,2-3,6-7,9H2,1H3. The third-order valence-corrected chi connectivity index (χ3v) is 4.19. The highest BCUT2D eigenvalue weighted by Gasteiger charge is 2.34. The van der Waals surface area contributed by atoms with Crippen LogP contribution >= 0.6 is 11.6 Å². The number of hydrogen-bond donors (Lipinski definition) is 1. The lowest BCUT2D eigenvalue weighted by molar-refractivity contribution is 0.413. The molecule has 2 aliphatic rings. The fourth-order valence-corrected chi connectivity index (χ4v) is 2.93. The average Bonchev–Trinajstić information content (AvgIpc) is 3.23. The molecule has 0 spiro atoms. The number of rotatable bonds is 3. The van der Waals surface area contributed by atoms with E-state index in [9.17, 15) is 0 Å². The quantitative estimate of drug-likeness (QED) is 0.910. The minimum absolute atomic E-state index is 0.652. The van der Waals surface area contributed by atoms with Gasteiger partial charge in [-0.3, -0.25) is 0 Å². The maximum absolute atomic E-state index is 6.19. The molecule has 98 valence electrons. The number of benzene rings is 1. The molecule has 3 rings (SSSR count). The largest absolute Gasteiger partial charge is 0.495 e. The lowest BCUT2D eigenvalue weighted by Gasteiger charge is -2.35. The molecule has 1 aliphatic heterocycles. The van der Waals surface area contributed by atoms with Gasteiger partial charge in [0.25, 0.3) is 0 Å². The maximum atomic E-state index is 6.19. The molecule has 0 radical (unpaired) electrons. The lowest BCUT2D eigenvalue weighted by atomic mass is 10.1. The highest BCUT2D eigenvalue weighted by Crippen LogP contribution is 2.35. The molecular weight excluding hydrogens is 248 g/mol. The molecular formula is C14H19ClN2O. The van der Waals surface area contributed by atoms with Crippen LogP contribution in [0, 0.1) is 5.92 Å². The Bertz CT molecular complexity index is 434. The van der Waals surface area contributed by atoms with Crippen LogP contribution in [0.1, 0.15) is 12.8 Å². The molecule has 1 unspecified atom stereocenters. The van der Waals surface area contributed by atoms with Gasteiger partial charge in [0.2, 0.25) is 0 Å². The van der Waals surface area contributed by atoms with E-state index in [-0.39, 0.29) is 0 Å². The van der Waals surface area contributed by atoms with Crippen LogP contribution in [0.25, 0.3) is 0 Å². The van der Waals surface area contributed by atoms with E-state index in [2.05, 4.69) is 16.3 Å². The van der Waals surface area contributed by atoms with Crippen molar-refractivity contribution in [3.05, 3.63) is 23.2 Å². The summed E-state index contributed by atoms with van der Waals surface area (Å²) in [7, 11) is 1.65. The van der Waals surface area contributed by atoms with Gasteiger partial charge in [-0.1, -0.05) is 11.6 Å². The first kappa shape index (κ1) is 12.1. The van der Waals surface area contributed by atoms with Crippen molar-refractivity contribution in [2.24, 2.45) is 5.92 Å². The Labute approximate surface area is 113 Å². The Hall–Kier alpha value is -0.930. The second kappa shape index (κ2) is 4.98. The Balaban J connectivity index is 1.74.